The van der Waals surface area contributed by atoms with E-state index in [-0.39, 0.29) is 42.2 Å². The van der Waals surface area contributed by atoms with Crippen molar-refractivity contribution < 1.29 is 29.0 Å². The van der Waals surface area contributed by atoms with Crippen LogP contribution in [0.5, 0.6) is 0 Å². The molecule has 0 heterocycles. The normalized spacial score (nSPS) is 46.6. The van der Waals surface area contributed by atoms with Crippen molar-refractivity contribution in [1.82, 2.24) is 0 Å². The molecule has 8 atom stereocenters. The standard InChI is InChI=1S/C25H33FO5/c1-13-9-18-16-10-20(26)19-11-21(28)15(5-6-22(29)30)12-23(19,3)17(16)7-8-24(18,4)25(13,31)14(2)27/h11,15-18,20,31H,1,5-10,12H2,2-4H3,(H,29,30)/t15?,16-,17+,18+,20+,23-,24+,25+/m1/s1. The maximum atomic E-state index is 15.5. The highest BCUT2D eigenvalue weighted by Gasteiger charge is 2.68. The van der Waals surface area contributed by atoms with Crippen molar-refractivity contribution in [1.29, 1.82) is 0 Å². The number of Topliss-reactive ketones (excluding diaryl/α,β-unsaturated/α-hetero) is 1. The van der Waals surface area contributed by atoms with Crippen molar-refractivity contribution in [3.8, 4) is 0 Å². The number of aliphatic hydroxyl groups is 1. The highest BCUT2D eigenvalue weighted by Crippen LogP contribution is 2.69. The Morgan fingerprint density at radius 2 is 1.97 bits per heavy atom. The predicted octanol–water partition coefficient (Wildman–Crippen LogP) is 4.04. The van der Waals surface area contributed by atoms with Crippen LogP contribution >= 0.6 is 0 Å². The zero-order valence-electron chi connectivity index (χ0n) is 18.6. The molecule has 0 bridgehead atoms. The molecule has 0 aromatic heterocycles. The van der Waals surface area contributed by atoms with Crippen molar-refractivity contribution in [2.24, 2.45) is 34.5 Å². The molecule has 0 aliphatic heterocycles. The van der Waals surface area contributed by atoms with Gasteiger partial charge in [-0.2, -0.15) is 0 Å². The van der Waals surface area contributed by atoms with E-state index in [1.54, 1.807) is 0 Å². The van der Waals surface area contributed by atoms with Gasteiger partial charge in [-0.05, 0) is 85.8 Å². The first-order valence-electron chi connectivity index (χ1n) is 11.4. The summed E-state index contributed by atoms with van der Waals surface area (Å²) in [6.07, 6.45) is 3.06. The Morgan fingerprint density at radius 3 is 2.58 bits per heavy atom. The van der Waals surface area contributed by atoms with Gasteiger partial charge in [0.15, 0.2) is 11.6 Å². The fourth-order valence-electron chi connectivity index (χ4n) is 7.91. The van der Waals surface area contributed by atoms with Crippen LogP contribution < -0.4 is 0 Å². The van der Waals surface area contributed by atoms with E-state index in [0.717, 1.165) is 6.42 Å². The summed E-state index contributed by atoms with van der Waals surface area (Å²) in [5, 5.41) is 20.4. The van der Waals surface area contributed by atoms with Crippen LogP contribution in [-0.2, 0) is 14.4 Å². The lowest BCUT2D eigenvalue weighted by atomic mass is 9.45. The van der Waals surface area contributed by atoms with E-state index in [9.17, 15) is 19.5 Å². The van der Waals surface area contributed by atoms with Crippen LogP contribution in [0.3, 0.4) is 0 Å². The van der Waals surface area contributed by atoms with Crippen LogP contribution in [0.4, 0.5) is 4.39 Å². The zero-order valence-corrected chi connectivity index (χ0v) is 18.6. The van der Waals surface area contributed by atoms with Crippen LogP contribution in [-0.4, -0.2) is 39.5 Å². The highest BCUT2D eigenvalue weighted by molar-refractivity contribution is 5.94. The van der Waals surface area contributed by atoms with Gasteiger partial charge < -0.3 is 10.2 Å². The molecule has 0 radical (unpaired) electrons. The Bertz CT molecular complexity index is 892. The number of alkyl halides is 1. The molecule has 4 aliphatic rings. The van der Waals surface area contributed by atoms with Crippen molar-refractivity contribution >= 4 is 17.5 Å². The van der Waals surface area contributed by atoms with Gasteiger partial charge in [0.25, 0.3) is 0 Å². The molecule has 0 aromatic rings. The fourth-order valence-corrected chi connectivity index (χ4v) is 7.91. The Labute approximate surface area is 182 Å². The van der Waals surface area contributed by atoms with Gasteiger partial charge in [-0.1, -0.05) is 20.4 Å². The first-order chi connectivity index (χ1) is 14.4. The van der Waals surface area contributed by atoms with E-state index in [2.05, 4.69) is 6.58 Å². The summed E-state index contributed by atoms with van der Waals surface area (Å²) < 4.78 is 15.5. The molecule has 6 heteroatoms. The summed E-state index contributed by atoms with van der Waals surface area (Å²) in [7, 11) is 0. The van der Waals surface area contributed by atoms with Crippen LogP contribution in [0.2, 0.25) is 0 Å². The Morgan fingerprint density at radius 1 is 1.29 bits per heavy atom. The second kappa shape index (κ2) is 7.09. The third kappa shape index (κ3) is 2.93. The highest BCUT2D eigenvalue weighted by atomic mass is 19.1. The molecule has 5 nitrogen and oxygen atoms in total. The van der Waals surface area contributed by atoms with Crippen LogP contribution in [0.1, 0.15) is 65.7 Å². The van der Waals surface area contributed by atoms with Gasteiger partial charge in [0.2, 0.25) is 0 Å². The number of carboxylic acids is 1. The molecular weight excluding hydrogens is 399 g/mol. The van der Waals surface area contributed by atoms with E-state index in [4.69, 9.17) is 5.11 Å². The van der Waals surface area contributed by atoms with E-state index in [1.807, 2.05) is 13.8 Å². The molecule has 2 N–H and O–H groups in total. The lowest BCUT2D eigenvalue weighted by Crippen LogP contribution is -2.59. The largest absolute Gasteiger partial charge is 0.481 e. The van der Waals surface area contributed by atoms with Crippen molar-refractivity contribution in [2.45, 2.75) is 77.5 Å². The third-order valence-corrected chi connectivity index (χ3v) is 9.51. The number of hydrogen-bond acceptors (Lipinski definition) is 4. The van der Waals surface area contributed by atoms with Gasteiger partial charge in [0.05, 0.1) is 0 Å². The molecule has 0 saturated heterocycles. The number of allylic oxidation sites excluding steroid dienone is 1. The number of ketones is 2. The SMILES string of the molecule is C=C1C[C@H]2[C@@H]3C[C@H](F)C4=CC(=O)C(CCC(=O)O)C[C@]4(C)[C@H]3CC[C@]2(C)[C@@]1(O)C(C)=O. The minimum atomic E-state index is -1.57. The lowest BCUT2D eigenvalue weighted by molar-refractivity contribution is -0.157. The second-order valence-electron chi connectivity index (χ2n) is 10.9. The van der Waals surface area contributed by atoms with Crippen molar-refractivity contribution in [3.05, 3.63) is 23.8 Å². The minimum Gasteiger partial charge on any atom is -0.481 e. The molecule has 3 fully saturated rings. The number of carbonyl (C=O) groups excluding carboxylic acids is 2. The van der Waals surface area contributed by atoms with E-state index < -0.39 is 34.5 Å². The Kier molecular flexibility index (Phi) is 5.12. The molecule has 3 saturated carbocycles. The third-order valence-electron chi connectivity index (χ3n) is 9.51. The first kappa shape index (κ1) is 22.4. The number of rotatable bonds is 4. The summed E-state index contributed by atoms with van der Waals surface area (Å²) in [6.45, 7) is 9.44. The van der Waals surface area contributed by atoms with Gasteiger partial charge in [-0.25, -0.2) is 4.39 Å². The number of aliphatic carboxylic acids is 1. The van der Waals surface area contributed by atoms with Crippen molar-refractivity contribution in [2.75, 3.05) is 0 Å². The molecule has 170 valence electrons. The maximum Gasteiger partial charge on any atom is 0.303 e. The van der Waals surface area contributed by atoms with Gasteiger partial charge in [-0.15, -0.1) is 0 Å². The van der Waals surface area contributed by atoms with E-state index >= 15 is 4.39 Å². The summed E-state index contributed by atoms with van der Waals surface area (Å²) in [4.78, 5) is 36.2. The lowest BCUT2D eigenvalue weighted by Gasteiger charge is -2.59. The van der Waals surface area contributed by atoms with Gasteiger partial charge in [-0.3, -0.25) is 14.4 Å². The molecule has 0 aromatic carbocycles. The number of carboxylic acid groups (broad SMARTS) is 1. The molecule has 1 unspecified atom stereocenters. The average Bonchev–Trinajstić information content (AvgIpc) is 2.89. The van der Waals surface area contributed by atoms with E-state index in [0.29, 0.717) is 36.8 Å². The van der Waals surface area contributed by atoms with Gasteiger partial charge in [0, 0.05) is 17.8 Å². The molecule has 4 aliphatic carbocycles. The Hall–Kier alpha value is -1.82. The molecule has 4 rings (SSSR count). The van der Waals surface area contributed by atoms with Crippen LogP contribution in [0.15, 0.2) is 23.8 Å². The van der Waals surface area contributed by atoms with Crippen LogP contribution in [0, 0.1) is 34.5 Å². The molecule has 0 spiro atoms. The maximum absolute atomic E-state index is 15.5. The minimum absolute atomic E-state index is 0.0191. The predicted molar refractivity (Wildman–Crippen MR) is 113 cm³/mol. The number of hydrogen-bond donors (Lipinski definition) is 2. The first-order valence-corrected chi connectivity index (χ1v) is 11.4. The summed E-state index contributed by atoms with van der Waals surface area (Å²) in [5.74, 6) is -1.72. The average molecular weight is 433 g/mol. The van der Waals surface area contributed by atoms with Crippen molar-refractivity contribution in [3.63, 3.8) is 0 Å². The van der Waals surface area contributed by atoms with Crippen LogP contribution in [0.25, 0.3) is 0 Å². The quantitative estimate of drug-likeness (QED) is 0.654. The second-order valence-corrected chi connectivity index (χ2v) is 10.9. The number of halogens is 1. The number of fused-ring (bicyclic) bond motifs is 5. The Balaban J connectivity index is 1.70. The van der Waals surface area contributed by atoms with Gasteiger partial charge in [0.1, 0.15) is 11.8 Å². The zero-order chi connectivity index (χ0) is 22.9. The number of carbonyl (C=O) groups is 3. The van der Waals surface area contributed by atoms with Gasteiger partial charge >= 0.3 is 5.97 Å². The molecule has 0 amide bonds. The smallest absolute Gasteiger partial charge is 0.303 e. The fraction of sp³-hybridized carbons (Fsp3) is 0.720. The summed E-state index contributed by atoms with van der Waals surface area (Å²) in [6, 6.07) is 0. The molecular formula is C25H33FO5. The van der Waals surface area contributed by atoms with E-state index in [1.165, 1.54) is 13.0 Å². The monoisotopic (exact) mass is 432 g/mol. The topological polar surface area (TPSA) is 91.7 Å². The molecule has 31 heavy (non-hydrogen) atoms. The summed E-state index contributed by atoms with van der Waals surface area (Å²) in [5.41, 5.74) is -1.65. The summed E-state index contributed by atoms with van der Waals surface area (Å²) >= 11 is 0.